The lowest BCUT2D eigenvalue weighted by molar-refractivity contribution is -0.122. The van der Waals surface area contributed by atoms with Crippen LogP contribution in [0, 0.1) is 5.41 Å². The second-order valence-electron chi connectivity index (χ2n) is 6.07. The smallest absolute Gasteiger partial charge is 0.242 e. The Hall–Kier alpha value is -1.17. The van der Waals surface area contributed by atoms with Crippen LogP contribution >= 0.6 is 11.6 Å². The number of amides is 1. The van der Waals surface area contributed by atoms with E-state index in [2.05, 4.69) is 22.1 Å². The van der Waals surface area contributed by atoms with Crippen molar-refractivity contribution in [3.8, 4) is 0 Å². The Kier molecular flexibility index (Phi) is 5.78. The van der Waals surface area contributed by atoms with Crippen LogP contribution in [0.4, 0.5) is 5.82 Å². The number of hydrogen-bond acceptors (Lipinski definition) is 4. The quantitative estimate of drug-likeness (QED) is 0.873. The third-order valence-corrected chi connectivity index (χ3v) is 5.07. The number of aliphatic hydroxyl groups is 1. The molecular weight excluding hydrogens is 302 g/mol. The molecule has 1 saturated heterocycles. The number of piperidine rings is 1. The van der Waals surface area contributed by atoms with Gasteiger partial charge in [0.25, 0.3) is 0 Å². The molecule has 0 radical (unpaired) electrons. The van der Waals surface area contributed by atoms with Crippen molar-refractivity contribution in [2.45, 2.75) is 39.2 Å². The van der Waals surface area contributed by atoms with Crippen LogP contribution in [0.25, 0.3) is 0 Å². The molecule has 122 valence electrons. The van der Waals surface area contributed by atoms with E-state index >= 15 is 0 Å². The molecule has 0 aromatic carbocycles. The van der Waals surface area contributed by atoms with E-state index < -0.39 is 0 Å². The van der Waals surface area contributed by atoms with Gasteiger partial charge in [0.05, 0.1) is 11.1 Å². The molecule has 22 heavy (non-hydrogen) atoms. The first kappa shape index (κ1) is 17.2. The van der Waals surface area contributed by atoms with E-state index in [0.717, 1.165) is 32.4 Å². The minimum Gasteiger partial charge on any atom is -0.396 e. The molecule has 1 aromatic rings. The molecule has 5 nitrogen and oxygen atoms in total. The molecule has 2 N–H and O–H groups in total. The molecule has 2 rings (SSSR count). The number of anilines is 1. The molecule has 1 atom stereocenters. The largest absolute Gasteiger partial charge is 0.396 e. The summed E-state index contributed by atoms with van der Waals surface area (Å²) in [5.74, 6) is 0.444. The van der Waals surface area contributed by atoms with Gasteiger partial charge in [-0.15, -0.1) is 0 Å². The number of aromatic nitrogens is 1. The minimum atomic E-state index is -0.217. The Balaban J connectivity index is 1.90. The number of pyridine rings is 1. The number of aliphatic hydroxyl groups excluding tert-OH is 1. The first-order valence-corrected chi connectivity index (χ1v) is 8.15. The fraction of sp³-hybridized carbons (Fsp3) is 0.625. The molecule has 1 aliphatic heterocycles. The highest BCUT2D eigenvalue weighted by molar-refractivity contribution is 6.30. The van der Waals surface area contributed by atoms with Crippen molar-refractivity contribution in [3.05, 3.63) is 23.4 Å². The number of nitrogens with zero attached hydrogens (tertiary/aromatic N) is 2. The van der Waals surface area contributed by atoms with Crippen molar-refractivity contribution in [3.63, 3.8) is 0 Å². The molecule has 0 saturated carbocycles. The van der Waals surface area contributed by atoms with Crippen molar-refractivity contribution in [1.29, 1.82) is 0 Å². The Labute approximate surface area is 136 Å². The van der Waals surface area contributed by atoms with Crippen LogP contribution in [0.2, 0.25) is 5.02 Å². The summed E-state index contributed by atoms with van der Waals surface area (Å²) in [6.07, 6.45) is 4.35. The SMILES string of the molecule is CCC1(CO)CCN(C(C)C(=O)Nc2ccc(Cl)cn2)CC1. The highest BCUT2D eigenvalue weighted by atomic mass is 35.5. The van der Waals surface area contributed by atoms with Crippen LogP contribution in [0.1, 0.15) is 33.1 Å². The Morgan fingerprint density at radius 3 is 2.68 bits per heavy atom. The fourth-order valence-electron chi connectivity index (χ4n) is 2.86. The summed E-state index contributed by atoms with van der Waals surface area (Å²) in [5.41, 5.74) is 0.0322. The second-order valence-corrected chi connectivity index (χ2v) is 6.51. The molecule has 1 fully saturated rings. The van der Waals surface area contributed by atoms with Crippen molar-refractivity contribution in [2.75, 3.05) is 25.0 Å². The number of halogens is 1. The van der Waals surface area contributed by atoms with Crippen molar-refractivity contribution in [1.82, 2.24) is 9.88 Å². The number of nitrogens with one attached hydrogen (secondary N) is 1. The van der Waals surface area contributed by atoms with Crippen molar-refractivity contribution in [2.24, 2.45) is 5.41 Å². The van der Waals surface area contributed by atoms with Gasteiger partial charge in [0.2, 0.25) is 5.91 Å². The lowest BCUT2D eigenvalue weighted by atomic mass is 9.76. The highest BCUT2D eigenvalue weighted by Crippen LogP contribution is 2.34. The average Bonchev–Trinajstić information content (AvgIpc) is 2.56. The van der Waals surface area contributed by atoms with E-state index in [1.807, 2.05) is 6.92 Å². The molecule has 0 spiro atoms. The summed E-state index contributed by atoms with van der Waals surface area (Å²) in [6, 6.07) is 3.18. The molecule has 1 unspecified atom stereocenters. The topological polar surface area (TPSA) is 65.5 Å². The monoisotopic (exact) mass is 325 g/mol. The Morgan fingerprint density at radius 1 is 1.50 bits per heavy atom. The molecule has 1 aromatic heterocycles. The van der Waals surface area contributed by atoms with E-state index in [0.29, 0.717) is 10.8 Å². The van der Waals surface area contributed by atoms with Gasteiger partial charge in [-0.25, -0.2) is 4.98 Å². The normalized spacial score (nSPS) is 19.6. The molecule has 1 aliphatic rings. The fourth-order valence-corrected chi connectivity index (χ4v) is 2.97. The Morgan fingerprint density at radius 2 is 2.18 bits per heavy atom. The summed E-state index contributed by atoms with van der Waals surface area (Å²) in [4.78, 5) is 18.6. The van der Waals surface area contributed by atoms with E-state index in [-0.39, 0.29) is 24.0 Å². The van der Waals surface area contributed by atoms with Gasteiger partial charge in [0.15, 0.2) is 0 Å². The van der Waals surface area contributed by atoms with Crippen molar-refractivity contribution >= 4 is 23.3 Å². The summed E-state index contributed by atoms with van der Waals surface area (Å²) in [7, 11) is 0. The van der Waals surface area contributed by atoms with Crippen LogP contribution in [-0.4, -0.2) is 46.6 Å². The van der Waals surface area contributed by atoms with Crippen LogP contribution in [0.5, 0.6) is 0 Å². The number of rotatable bonds is 5. The maximum absolute atomic E-state index is 12.3. The average molecular weight is 326 g/mol. The van der Waals surface area contributed by atoms with Gasteiger partial charge in [-0.2, -0.15) is 0 Å². The van der Waals surface area contributed by atoms with E-state index in [4.69, 9.17) is 11.6 Å². The van der Waals surface area contributed by atoms with Crippen LogP contribution in [0.3, 0.4) is 0 Å². The zero-order valence-corrected chi connectivity index (χ0v) is 13.9. The van der Waals surface area contributed by atoms with Gasteiger partial charge in [-0.1, -0.05) is 18.5 Å². The Bertz CT molecular complexity index is 493. The standard InChI is InChI=1S/C16H24ClN3O2/c1-3-16(11-21)6-8-20(9-7-16)12(2)15(22)19-14-5-4-13(17)10-18-14/h4-5,10,12,21H,3,6-9,11H2,1-2H3,(H,18,19,22). The lowest BCUT2D eigenvalue weighted by Gasteiger charge is -2.42. The summed E-state index contributed by atoms with van der Waals surface area (Å²) in [5, 5.41) is 12.9. The molecule has 6 heteroatoms. The summed E-state index contributed by atoms with van der Waals surface area (Å²) < 4.78 is 0. The third kappa shape index (κ3) is 3.97. The van der Waals surface area contributed by atoms with Crippen LogP contribution < -0.4 is 5.32 Å². The van der Waals surface area contributed by atoms with Crippen LogP contribution in [0.15, 0.2) is 18.3 Å². The second kappa shape index (κ2) is 7.40. The first-order valence-electron chi connectivity index (χ1n) is 7.77. The van der Waals surface area contributed by atoms with Gasteiger partial charge in [-0.3, -0.25) is 9.69 Å². The zero-order chi connectivity index (χ0) is 16.2. The zero-order valence-electron chi connectivity index (χ0n) is 13.2. The predicted octanol–water partition coefficient (Wildman–Crippen LogP) is 2.55. The number of carbonyl (C=O) groups is 1. The molecule has 0 bridgehead atoms. The van der Waals surface area contributed by atoms with Gasteiger partial charge in [0.1, 0.15) is 5.82 Å². The maximum Gasteiger partial charge on any atom is 0.242 e. The number of carbonyl (C=O) groups excluding carboxylic acids is 1. The molecule has 2 heterocycles. The highest BCUT2D eigenvalue weighted by Gasteiger charge is 2.35. The molecular formula is C16H24ClN3O2. The van der Waals surface area contributed by atoms with E-state index in [9.17, 15) is 9.90 Å². The number of likely N-dealkylation sites (tertiary alicyclic amines) is 1. The van der Waals surface area contributed by atoms with Gasteiger partial charge in [-0.05, 0) is 56.8 Å². The molecule has 0 aliphatic carbocycles. The number of hydrogen-bond donors (Lipinski definition) is 2. The summed E-state index contributed by atoms with van der Waals surface area (Å²) >= 11 is 5.78. The van der Waals surface area contributed by atoms with E-state index in [1.54, 1.807) is 12.1 Å². The third-order valence-electron chi connectivity index (χ3n) is 4.85. The lowest BCUT2D eigenvalue weighted by Crippen LogP contribution is -2.49. The molecule has 1 amide bonds. The predicted molar refractivity (Wildman–Crippen MR) is 88.0 cm³/mol. The van der Waals surface area contributed by atoms with Gasteiger partial charge in [0, 0.05) is 12.8 Å². The van der Waals surface area contributed by atoms with Crippen molar-refractivity contribution < 1.29 is 9.90 Å². The van der Waals surface area contributed by atoms with Gasteiger partial charge >= 0.3 is 0 Å². The van der Waals surface area contributed by atoms with E-state index in [1.165, 1.54) is 6.20 Å². The summed E-state index contributed by atoms with van der Waals surface area (Å²) in [6.45, 7) is 5.91. The minimum absolute atomic E-state index is 0.0322. The first-order chi connectivity index (χ1) is 10.5. The van der Waals surface area contributed by atoms with Crippen LogP contribution in [-0.2, 0) is 4.79 Å². The van der Waals surface area contributed by atoms with Gasteiger partial charge < -0.3 is 10.4 Å². The maximum atomic E-state index is 12.3.